The number of hydrogen-bond donors (Lipinski definition) is 0. The zero-order valence-corrected chi connectivity index (χ0v) is 31.3. The van der Waals surface area contributed by atoms with Gasteiger partial charge in [0.05, 0.1) is 0 Å². The Morgan fingerprint density at radius 2 is 0.857 bits per heavy atom. The molecule has 5 aliphatic rings. The second-order valence-corrected chi connectivity index (χ2v) is 16.8. The van der Waals surface area contributed by atoms with Crippen LogP contribution in [0.5, 0.6) is 0 Å². The topological polar surface area (TPSA) is 38.7 Å². The second kappa shape index (κ2) is 12.4. The molecule has 4 fully saturated rings. The molecule has 13 rings (SSSR count). The third-order valence-electron chi connectivity index (χ3n) is 13.9. The lowest BCUT2D eigenvalue weighted by atomic mass is 9.43. The van der Waals surface area contributed by atoms with E-state index in [2.05, 4.69) is 164 Å². The fourth-order valence-electron chi connectivity index (χ4n) is 11.8. The van der Waals surface area contributed by atoms with Crippen LogP contribution in [0.25, 0.3) is 78.3 Å². The molecular formula is C53H41N3. The molecule has 0 amide bonds. The molecule has 8 aromatic rings. The Balaban J connectivity index is 1.09. The van der Waals surface area contributed by atoms with Crippen molar-refractivity contribution >= 4 is 10.8 Å². The molecule has 3 nitrogen and oxygen atoms in total. The normalized spacial score (nSPS) is 22.7. The van der Waals surface area contributed by atoms with Crippen molar-refractivity contribution in [3.8, 4) is 67.5 Å². The average molecular weight is 720 g/mol. The van der Waals surface area contributed by atoms with Gasteiger partial charge in [0.15, 0.2) is 17.5 Å². The van der Waals surface area contributed by atoms with E-state index in [-0.39, 0.29) is 5.41 Å². The first-order valence-electron chi connectivity index (χ1n) is 20.4. The molecule has 0 saturated heterocycles. The molecule has 0 unspecified atom stereocenters. The molecular weight excluding hydrogens is 679 g/mol. The summed E-state index contributed by atoms with van der Waals surface area (Å²) in [6.07, 6.45) is 6.82. The molecule has 0 radical (unpaired) electrons. The van der Waals surface area contributed by atoms with E-state index in [1.165, 1.54) is 76.3 Å². The summed E-state index contributed by atoms with van der Waals surface area (Å²) in [5.41, 5.74) is 13.6. The monoisotopic (exact) mass is 719 g/mol. The van der Waals surface area contributed by atoms with Crippen molar-refractivity contribution in [1.29, 1.82) is 0 Å². The van der Waals surface area contributed by atoms with Gasteiger partial charge in [-0.2, -0.15) is 0 Å². The first kappa shape index (κ1) is 32.1. The van der Waals surface area contributed by atoms with Crippen LogP contribution in [0.15, 0.2) is 164 Å². The molecule has 5 aliphatic carbocycles. The summed E-state index contributed by atoms with van der Waals surface area (Å²) in [5, 5.41) is 2.67. The zero-order valence-electron chi connectivity index (χ0n) is 31.3. The Labute approximate surface area is 328 Å². The van der Waals surface area contributed by atoms with Gasteiger partial charge in [0.25, 0.3) is 0 Å². The van der Waals surface area contributed by atoms with Crippen molar-refractivity contribution < 1.29 is 0 Å². The van der Waals surface area contributed by atoms with E-state index in [9.17, 15) is 0 Å². The van der Waals surface area contributed by atoms with Crippen LogP contribution in [0.1, 0.15) is 43.2 Å². The van der Waals surface area contributed by atoms with Crippen molar-refractivity contribution in [3.63, 3.8) is 0 Å². The quantitative estimate of drug-likeness (QED) is 0.178. The summed E-state index contributed by atoms with van der Waals surface area (Å²) in [4.78, 5) is 16.1. The van der Waals surface area contributed by atoms with Crippen LogP contribution >= 0.6 is 0 Å². The van der Waals surface area contributed by atoms with Gasteiger partial charge in [0, 0.05) is 22.1 Å². The fourth-order valence-corrected chi connectivity index (χ4v) is 11.8. The smallest absolute Gasteiger partial charge is 0.164 e. The van der Waals surface area contributed by atoms with Gasteiger partial charge in [-0.05, 0) is 117 Å². The highest BCUT2D eigenvalue weighted by Gasteiger charge is 2.62. The van der Waals surface area contributed by atoms with E-state index < -0.39 is 0 Å². The number of fused-ring (bicyclic) bond motifs is 5. The number of rotatable bonds is 5. The molecule has 1 aromatic heterocycles. The standard InChI is InChI=1S/C53H41N3/c1-3-11-35(12-4-1)37-19-23-39(24-20-37)50-54-51(40-25-21-38(22-26-40)36-13-5-2-6-14-36)56-52(55-50)46-32-41-15-7-8-16-44(41)49-48(46)45-17-9-10-18-47(45)53(49)42-28-33-27-34(30-42)31-43(53)29-33/h1-26,32-34,42-43H,27-31H2. The van der Waals surface area contributed by atoms with Crippen LogP contribution in [0.3, 0.4) is 0 Å². The van der Waals surface area contributed by atoms with Crippen molar-refractivity contribution in [2.24, 2.45) is 23.7 Å². The summed E-state index contributed by atoms with van der Waals surface area (Å²) in [6.45, 7) is 0. The van der Waals surface area contributed by atoms with Gasteiger partial charge >= 0.3 is 0 Å². The van der Waals surface area contributed by atoms with Crippen LogP contribution in [0, 0.1) is 23.7 Å². The first-order chi connectivity index (χ1) is 27.7. The Morgan fingerprint density at radius 3 is 1.45 bits per heavy atom. The summed E-state index contributed by atoms with van der Waals surface area (Å²) in [5.74, 6) is 5.20. The molecule has 268 valence electrons. The van der Waals surface area contributed by atoms with Gasteiger partial charge in [-0.15, -0.1) is 0 Å². The van der Waals surface area contributed by atoms with Gasteiger partial charge in [-0.3, -0.25) is 0 Å². The van der Waals surface area contributed by atoms with Crippen molar-refractivity contribution in [2.45, 2.75) is 37.5 Å². The van der Waals surface area contributed by atoms with Gasteiger partial charge in [-0.25, -0.2) is 15.0 Å². The van der Waals surface area contributed by atoms with Crippen molar-refractivity contribution in [1.82, 2.24) is 15.0 Å². The van der Waals surface area contributed by atoms with E-state index in [4.69, 9.17) is 15.0 Å². The highest BCUT2D eigenvalue weighted by Crippen LogP contribution is 2.71. The van der Waals surface area contributed by atoms with E-state index in [0.717, 1.165) is 34.4 Å². The lowest BCUT2D eigenvalue weighted by molar-refractivity contribution is -0.0393. The highest BCUT2D eigenvalue weighted by molar-refractivity contribution is 6.04. The van der Waals surface area contributed by atoms with Crippen LogP contribution in [0.2, 0.25) is 0 Å². The van der Waals surface area contributed by atoms with Gasteiger partial charge in [0.2, 0.25) is 0 Å². The Kier molecular flexibility index (Phi) is 7.11. The lowest BCUT2D eigenvalue weighted by Crippen LogP contribution is -2.55. The van der Waals surface area contributed by atoms with Crippen LogP contribution in [-0.4, -0.2) is 15.0 Å². The maximum Gasteiger partial charge on any atom is 0.164 e. The predicted octanol–water partition coefficient (Wildman–Crippen LogP) is 13.1. The number of aromatic nitrogens is 3. The molecule has 7 aromatic carbocycles. The Bertz CT molecular complexity index is 2660. The first-order valence-corrected chi connectivity index (χ1v) is 20.4. The third kappa shape index (κ3) is 4.79. The van der Waals surface area contributed by atoms with E-state index >= 15 is 0 Å². The zero-order chi connectivity index (χ0) is 36.8. The predicted molar refractivity (Wildman–Crippen MR) is 228 cm³/mol. The van der Waals surface area contributed by atoms with E-state index in [1.54, 1.807) is 11.1 Å². The van der Waals surface area contributed by atoms with Crippen LogP contribution in [-0.2, 0) is 5.41 Å². The minimum Gasteiger partial charge on any atom is -0.208 e. The second-order valence-electron chi connectivity index (χ2n) is 16.8. The summed E-state index contributed by atoms with van der Waals surface area (Å²) >= 11 is 0. The van der Waals surface area contributed by atoms with Crippen molar-refractivity contribution in [2.75, 3.05) is 0 Å². The minimum atomic E-state index is 0.0220. The Morgan fingerprint density at radius 1 is 0.393 bits per heavy atom. The average Bonchev–Trinajstić information content (AvgIpc) is 3.57. The molecule has 1 heterocycles. The maximum absolute atomic E-state index is 5.43. The molecule has 0 N–H and O–H groups in total. The highest BCUT2D eigenvalue weighted by atomic mass is 15.0. The number of nitrogens with zero attached hydrogens (tertiary/aromatic N) is 3. The fraction of sp³-hybridized carbons (Fsp3) is 0.189. The van der Waals surface area contributed by atoms with E-state index in [0.29, 0.717) is 23.5 Å². The summed E-state index contributed by atoms with van der Waals surface area (Å²) in [7, 11) is 0. The maximum atomic E-state index is 5.43. The SMILES string of the molecule is c1ccc(-c2ccc(-c3nc(-c4ccc(-c5ccccc5)cc4)nc(-c4cc5ccccc5c5c4-c4ccccc4C54C5CC6CC(C5)CC4C6)n3)cc2)cc1. The number of benzene rings is 7. The van der Waals surface area contributed by atoms with Crippen LogP contribution < -0.4 is 0 Å². The molecule has 0 aliphatic heterocycles. The molecule has 0 atom stereocenters. The van der Waals surface area contributed by atoms with E-state index in [1.807, 2.05) is 0 Å². The third-order valence-corrected chi connectivity index (χ3v) is 13.9. The Hall–Kier alpha value is -6.19. The van der Waals surface area contributed by atoms with Gasteiger partial charge in [0.1, 0.15) is 0 Å². The van der Waals surface area contributed by atoms with Gasteiger partial charge in [-0.1, -0.05) is 158 Å². The summed E-state index contributed by atoms with van der Waals surface area (Å²) in [6, 6.07) is 59.4. The van der Waals surface area contributed by atoms with Gasteiger partial charge < -0.3 is 0 Å². The largest absolute Gasteiger partial charge is 0.208 e. The molecule has 3 heteroatoms. The molecule has 4 bridgehead atoms. The molecule has 56 heavy (non-hydrogen) atoms. The minimum absolute atomic E-state index is 0.0220. The lowest BCUT2D eigenvalue weighted by Gasteiger charge is -2.61. The van der Waals surface area contributed by atoms with Crippen LogP contribution in [0.4, 0.5) is 0 Å². The van der Waals surface area contributed by atoms with Crippen molar-refractivity contribution in [3.05, 3.63) is 175 Å². The molecule has 4 saturated carbocycles. The number of hydrogen-bond acceptors (Lipinski definition) is 3. The summed E-state index contributed by atoms with van der Waals surface area (Å²) < 4.78 is 0. The molecule has 1 spiro atoms.